The lowest BCUT2D eigenvalue weighted by Crippen LogP contribution is -2.01. The molecular formula is C18H20O2. The molecule has 0 saturated carbocycles. The molecule has 2 heteroatoms. The molecule has 0 spiro atoms. The van der Waals surface area contributed by atoms with Crippen LogP contribution in [0.4, 0.5) is 0 Å². The number of ether oxygens (including phenoxy) is 1. The molecule has 0 N–H and O–H groups in total. The van der Waals surface area contributed by atoms with Gasteiger partial charge in [0, 0.05) is 6.08 Å². The predicted molar refractivity (Wildman–Crippen MR) is 82.7 cm³/mol. The third-order valence-corrected chi connectivity index (χ3v) is 3.33. The van der Waals surface area contributed by atoms with Gasteiger partial charge in [0.05, 0.1) is 6.61 Å². The molecule has 0 radical (unpaired) electrons. The maximum atomic E-state index is 10.9. The van der Waals surface area contributed by atoms with Gasteiger partial charge in [-0.2, -0.15) is 0 Å². The Balaban J connectivity index is 1.73. The van der Waals surface area contributed by atoms with Crippen molar-refractivity contribution in [1.29, 1.82) is 0 Å². The predicted octanol–water partition coefficient (Wildman–Crippen LogP) is 4.28. The van der Waals surface area contributed by atoms with Crippen LogP contribution in [-0.4, -0.2) is 12.6 Å². The number of benzene rings is 2. The smallest absolute Gasteiger partial charge is 0.330 e. The van der Waals surface area contributed by atoms with Gasteiger partial charge in [0.25, 0.3) is 0 Å². The Hall–Kier alpha value is -2.09. The van der Waals surface area contributed by atoms with Gasteiger partial charge < -0.3 is 4.74 Å². The second-order valence-corrected chi connectivity index (χ2v) is 4.86. The van der Waals surface area contributed by atoms with Gasteiger partial charge in [0.1, 0.15) is 0 Å². The largest absolute Gasteiger partial charge is 0.463 e. The third kappa shape index (κ3) is 4.23. The number of carbonyl (C=O) groups excluding carboxylic acids is 1. The molecule has 0 fully saturated rings. The maximum Gasteiger partial charge on any atom is 0.330 e. The Bertz CT molecular complexity index is 587. The Labute approximate surface area is 120 Å². The monoisotopic (exact) mass is 268 g/mol. The standard InChI is InChI=1S/C18H20O2/c1-2-18(19)20-13-7-3-4-8-15-11-12-16-9-5-6-10-17(16)14-15/h2,5-6,9-12,14H,1,3-4,7-8,13H2. The van der Waals surface area contributed by atoms with Crippen molar-refractivity contribution >= 4 is 16.7 Å². The summed E-state index contributed by atoms with van der Waals surface area (Å²) in [5.74, 6) is -0.334. The van der Waals surface area contributed by atoms with E-state index in [4.69, 9.17) is 4.74 Å². The van der Waals surface area contributed by atoms with Crippen LogP contribution < -0.4 is 0 Å². The second-order valence-electron chi connectivity index (χ2n) is 4.86. The lowest BCUT2D eigenvalue weighted by molar-refractivity contribution is -0.137. The summed E-state index contributed by atoms with van der Waals surface area (Å²) < 4.78 is 4.94. The number of carbonyl (C=O) groups is 1. The zero-order valence-corrected chi connectivity index (χ0v) is 11.7. The number of aryl methyl sites for hydroxylation is 1. The summed E-state index contributed by atoms with van der Waals surface area (Å²) >= 11 is 0. The van der Waals surface area contributed by atoms with Gasteiger partial charge in [-0.25, -0.2) is 4.79 Å². The topological polar surface area (TPSA) is 26.3 Å². The molecule has 0 heterocycles. The number of esters is 1. The molecule has 0 unspecified atom stereocenters. The molecule has 2 aromatic rings. The molecule has 0 amide bonds. The van der Waals surface area contributed by atoms with Gasteiger partial charge in [0.15, 0.2) is 0 Å². The number of unbranched alkanes of at least 4 members (excludes halogenated alkanes) is 2. The van der Waals surface area contributed by atoms with Crippen molar-refractivity contribution in [1.82, 2.24) is 0 Å². The third-order valence-electron chi connectivity index (χ3n) is 3.33. The van der Waals surface area contributed by atoms with Gasteiger partial charge in [-0.05, 0) is 42.0 Å². The van der Waals surface area contributed by atoms with Crippen LogP contribution in [0.5, 0.6) is 0 Å². The van der Waals surface area contributed by atoms with E-state index in [1.165, 1.54) is 22.4 Å². The summed E-state index contributed by atoms with van der Waals surface area (Å²) in [6.07, 6.45) is 5.36. The molecule has 0 aromatic heterocycles. The molecule has 2 aromatic carbocycles. The lowest BCUT2D eigenvalue weighted by atomic mass is 10.0. The zero-order valence-electron chi connectivity index (χ0n) is 11.7. The first-order valence-corrected chi connectivity index (χ1v) is 7.06. The fourth-order valence-electron chi connectivity index (χ4n) is 2.23. The minimum Gasteiger partial charge on any atom is -0.463 e. The van der Waals surface area contributed by atoms with E-state index < -0.39 is 0 Å². The Kier molecular flexibility index (Phi) is 5.36. The molecule has 2 nitrogen and oxygen atoms in total. The van der Waals surface area contributed by atoms with Crippen LogP contribution in [0.3, 0.4) is 0 Å². The summed E-state index contributed by atoms with van der Waals surface area (Å²) in [6, 6.07) is 15.0. The van der Waals surface area contributed by atoms with Crippen molar-refractivity contribution in [2.75, 3.05) is 6.61 Å². The summed E-state index contributed by atoms with van der Waals surface area (Å²) in [5.41, 5.74) is 1.37. The van der Waals surface area contributed by atoms with E-state index in [1.807, 2.05) is 0 Å². The summed E-state index contributed by atoms with van der Waals surface area (Å²) in [7, 11) is 0. The highest BCUT2D eigenvalue weighted by Crippen LogP contribution is 2.17. The van der Waals surface area contributed by atoms with Crippen molar-refractivity contribution in [3.05, 3.63) is 60.7 Å². The van der Waals surface area contributed by atoms with Gasteiger partial charge in [0.2, 0.25) is 0 Å². The van der Waals surface area contributed by atoms with E-state index in [1.54, 1.807) is 0 Å². The van der Waals surface area contributed by atoms with Crippen LogP contribution in [0.1, 0.15) is 24.8 Å². The van der Waals surface area contributed by atoms with E-state index in [2.05, 4.69) is 49.0 Å². The summed E-state index contributed by atoms with van der Waals surface area (Å²) in [6.45, 7) is 3.85. The van der Waals surface area contributed by atoms with Crippen molar-refractivity contribution in [2.24, 2.45) is 0 Å². The minimum absolute atomic E-state index is 0.334. The SMILES string of the molecule is C=CC(=O)OCCCCCc1ccc2ccccc2c1. The van der Waals surface area contributed by atoms with Gasteiger partial charge in [-0.1, -0.05) is 49.0 Å². The molecule has 0 aliphatic carbocycles. The van der Waals surface area contributed by atoms with Gasteiger partial charge in [-0.15, -0.1) is 0 Å². The van der Waals surface area contributed by atoms with E-state index in [0.29, 0.717) is 6.61 Å². The summed E-state index contributed by atoms with van der Waals surface area (Å²) in [5, 5.41) is 2.58. The molecule has 0 atom stereocenters. The van der Waals surface area contributed by atoms with Crippen molar-refractivity contribution in [3.8, 4) is 0 Å². The molecule has 2 rings (SSSR count). The number of hydrogen-bond acceptors (Lipinski definition) is 2. The van der Waals surface area contributed by atoms with Gasteiger partial charge in [-0.3, -0.25) is 0 Å². The van der Waals surface area contributed by atoms with Crippen molar-refractivity contribution < 1.29 is 9.53 Å². The highest BCUT2D eigenvalue weighted by Gasteiger charge is 1.98. The maximum absolute atomic E-state index is 10.9. The highest BCUT2D eigenvalue weighted by molar-refractivity contribution is 5.83. The van der Waals surface area contributed by atoms with Crippen LogP contribution in [0.25, 0.3) is 10.8 Å². The average molecular weight is 268 g/mol. The van der Waals surface area contributed by atoms with Crippen molar-refractivity contribution in [3.63, 3.8) is 0 Å². The fraction of sp³-hybridized carbons (Fsp3) is 0.278. The molecule has 0 aliphatic heterocycles. The van der Waals surface area contributed by atoms with E-state index >= 15 is 0 Å². The van der Waals surface area contributed by atoms with Crippen LogP contribution in [0.2, 0.25) is 0 Å². The normalized spacial score (nSPS) is 10.4. The molecule has 20 heavy (non-hydrogen) atoms. The fourth-order valence-corrected chi connectivity index (χ4v) is 2.23. The average Bonchev–Trinajstić information content (AvgIpc) is 2.50. The molecular weight excluding hydrogens is 248 g/mol. The number of rotatable bonds is 7. The Morgan fingerprint density at radius 1 is 1.05 bits per heavy atom. The molecule has 0 saturated heterocycles. The zero-order chi connectivity index (χ0) is 14.2. The van der Waals surface area contributed by atoms with Crippen LogP contribution in [-0.2, 0) is 16.0 Å². The molecule has 104 valence electrons. The molecule has 0 aliphatic rings. The van der Waals surface area contributed by atoms with Crippen LogP contribution >= 0.6 is 0 Å². The second kappa shape index (κ2) is 7.49. The Morgan fingerprint density at radius 3 is 2.65 bits per heavy atom. The highest BCUT2D eigenvalue weighted by atomic mass is 16.5. The molecule has 0 bridgehead atoms. The van der Waals surface area contributed by atoms with Crippen LogP contribution in [0, 0.1) is 0 Å². The minimum atomic E-state index is -0.334. The first-order chi connectivity index (χ1) is 9.79. The van der Waals surface area contributed by atoms with Crippen LogP contribution in [0.15, 0.2) is 55.1 Å². The first-order valence-electron chi connectivity index (χ1n) is 7.06. The first kappa shape index (κ1) is 14.3. The van der Waals surface area contributed by atoms with Gasteiger partial charge >= 0.3 is 5.97 Å². The number of hydrogen-bond donors (Lipinski definition) is 0. The van der Waals surface area contributed by atoms with E-state index in [0.717, 1.165) is 25.7 Å². The lowest BCUT2D eigenvalue weighted by Gasteiger charge is -2.04. The number of fused-ring (bicyclic) bond motifs is 1. The summed E-state index contributed by atoms with van der Waals surface area (Å²) in [4.78, 5) is 10.9. The van der Waals surface area contributed by atoms with E-state index in [9.17, 15) is 4.79 Å². The van der Waals surface area contributed by atoms with Crippen molar-refractivity contribution in [2.45, 2.75) is 25.7 Å². The van der Waals surface area contributed by atoms with E-state index in [-0.39, 0.29) is 5.97 Å². The Morgan fingerprint density at radius 2 is 1.85 bits per heavy atom. The quantitative estimate of drug-likeness (QED) is 0.425.